The van der Waals surface area contributed by atoms with E-state index in [4.69, 9.17) is 16.6 Å². The number of sulfone groups is 1. The number of amides is 1. The van der Waals surface area contributed by atoms with Crippen LogP contribution >= 0.6 is 22.9 Å². The van der Waals surface area contributed by atoms with Crippen molar-refractivity contribution in [3.63, 3.8) is 0 Å². The van der Waals surface area contributed by atoms with E-state index in [9.17, 15) is 13.2 Å². The highest BCUT2D eigenvalue weighted by atomic mass is 35.5. The van der Waals surface area contributed by atoms with Crippen molar-refractivity contribution >= 4 is 54.0 Å². The van der Waals surface area contributed by atoms with Gasteiger partial charge in [0.1, 0.15) is 0 Å². The first-order chi connectivity index (χ1) is 14.7. The number of thiazole rings is 1. The van der Waals surface area contributed by atoms with Crippen LogP contribution in [-0.2, 0) is 16.4 Å². The average Bonchev–Trinajstić information content (AvgIpc) is 3.19. The Morgan fingerprint density at radius 1 is 1.06 bits per heavy atom. The fraction of sp³-hybridized carbons (Fsp3) is 0.130. The van der Waals surface area contributed by atoms with E-state index in [1.165, 1.54) is 23.5 Å². The van der Waals surface area contributed by atoms with Crippen molar-refractivity contribution in [2.75, 3.05) is 11.2 Å². The minimum absolute atomic E-state index is 0.102. The molecule has 158 valence electrons. The predicted octanol–water partition coefficient (Wildman–Crippen LogP) is 5.51. The maximum Gasteiger partial charge on any atom is 0.260 e. The van der Waals surface area contributed by atoms with Gasteiger partial charge in [-0.2, -0.15) is 0 Å². The number of hydrogen-bond acceptors (Lipinski definition) is 5. The Kier molecular flexibility index (Phi) is 5.83. The van der Waals surface area contributed by atoms with Gasteiger partial charge in [-0.05, 0) is 48.4 Å². The van der Waals surface area contributed by atoms with E-state index in [0.29, 0.717) is 16.7 Å². The van der Waals surface area contributed by atoms with Gasteiger partial charge < -0.3 is 0 Å². The fourth-order valence-electron chi connectivity index (χ4n) is 3.21. The molecular formula is C23H19ClN2O3S2. The second-order valence-corrected chi connectivity index (χ2v) is 10.6. The summed E-state index contributed by atoms with van der Waals surface area (Å²) in [6, 6.07) is 19.4. The zero-order valence-corrected chi connectivity index (χ0v) is 19.3. The zero-order valence-electron chi connectivity index (χ0n) is 16.9. The third kappa shape index (κ3) is 4.49. The van der Waals surface area contributed by atoms with Crippen LogP contribution in [0, 0.1) is 6.92 Å². The van der Waals surface area contributed by atoms with Gasteiger partial charge in [0.2, 0.25) is 0 Å². The Morgan fingerprint density at radius 3 is 2.52 bits per heavy atom. The molecule has 1 heterocycles. The van der Waals surface area contributed by atoms with Gasteiger partial charge in [-0.1, -0.05) is 59.3 Å². The van der Waals surface area contributed by atoms with E-state index in [1.807, 2.05) is 49.4 Å². The molecule has 0 aliphatic rings. The molecule has 0 spiro atoms. The predicted molar refractivity (Wildman–Crippen MR) is 126 cm³/mol. The highest BCUT2D eigenvalue weighted by molar-refractivity contribution is 7.90. The molecule has 4 aromatic rings. The van der Waals surface area contributed by atoms with Gasteiger partial charge in [0, 0.05) is 16.8 Å². The molecular weight excluding hydrogens is 452 g/mol. The van der Waals surface area contributed by atoms with Crippen LogP contribution in [-0.4, -0.2) is 25.6 Å². The van der Waals surface area contributed by atoms with Gasteiger partial charge in [-0.15, -0.1) is 0 Å². The van der Waals surface area contributed by atoms with Gasteiger partial charge in [-0.25, -0.2) is 13.4 Å². The first-order valence-corrected chi connectivity index (χ1v) is 12.5. The molecule has 0 atom stereocenters. The molecule has 3 aromatic carbocycles. The van der Waals surface area contributed by atoms with Crippen LogP contribution in [0.2, 0.25) is 5.02 Å². The first kappa shape index (κ1) is 21.5. The number of anilines is 1. The molecule has 0 bridgehead atoms. The van der Waals surface area contributed by atoms with Gasteiger partial charge in [0.05, 0.1) is 21.7 Å². The van der Waals surface area contributed by atoms with Crippen LogP contribution < -0.4 is 4.90 Å². The molecule has 5 nitrogen and oxygen atoms in total. The summed E-state index contributed by atoms with van der Waals surface area (Å²) in [5.74, 6) is -0.322. The Hall–Kier alpha value is -2.74. The summed E-state index contributed by atoms with van der Waals surface area (Å²) in [5, 5.41) is 1.14. The number of halogens is 1. The van der Waals surface area contributed by atoms with Gasteiger partial charge in [0.25, 0.3) is 5.91 Å². The van der Waals surface area contributed by atoms with E-state index < -0.39 is 9.84 Å². The molecule has 0 N–H and O–H groups in total. The summed E-state index contributed by atoms with van der Waals surface area (Å²) < 4.78 is 24.9. The molecule has 0 saturated carbocycles. The number of carbonyl (C=O) groups is 1. The lowest BCUT2D eigenvalue weighted by atomic mass is 10.1. The van der Waals surface area contributed by atoms with Crippen LogP contribution in [0.3, 0.4) is 0 Å². The lowest BCUT2D eigenvalue weighted by Crippen LogP contribution is -2.30. The van der Waals surface area contributed by atoms with Crippen LogP contribution in [0.1, 0.15) is 21.5 Å². The quantitative estimate of drug-likeness (QED) is 0.385. The Bertz CT molecular complexity index is 1380. The Labute approximate surface area is 189 Å². The van der Waals surface area contributed by atoms with Gasteiger partial charge >= 0.3 is 0 Å². The second-order valence-electron chi connectivity index (χ2n) is 7.19. The molecule has 8 heteroatoms. The molecule has 0 radical (unpaired) electrons. The number of nitrogens with zero attached hydrogens (tertiary/aromatic N) is 2. The monoisotopic (exact) mass is 470 g/mol. The lowest BCUT2D eigenvalue weighted by molar-refractivity contribution is 0.0985. The Morgan fingerprint density at radius 2 is 1.81 bits per heavy atom. The molecule has 0 aliphatic carbocycles. The van der Waals surface area contributed by atoms with Gasteiger partial charge in [0.15, 0.2) is 15.0 Å². The lowest BCUT2D eigenvalue weighted by Gasteiger charge is -2.20. The molecule has 4 rings (SSSR count). The normalized spacial score (nSPS) is 11.6. The molecule has 1 amide bonds. The molecule has 0 fully saturated rings. The third-order valence-corrected chi connectivity index (χ3v) is 7.47. The van der Waals surface area contributed by atoms with Gasteiger partial charge in [-0.3, -0.25) is 9.69 Å². The molecule has 1 aromatic heterocycles. The number of hydrogen-bond donors (Lipinski definition) is 0. The molecule has 0 saturated heterocycles. The van der Waals surface area contributed by atoms with E-state index >= 15 is 0 Å². The summed E-state index contributed by atoms with van der Waals surface area (Å²) >= 11 is 7.65. The third-order valence-electron chi connectivity index (χ3n) is 4.91. The number of fused-ring (bicyclic) bond motifs is 1. The summed E-state index contributed by atoms with van der Waals surface area (Å²) in [5.41, 5.74) is 2.83. The van der Waals surface area contributed by atoms with Crippen molar-refractivity contribution in [3.05, 3.63) is 88.4 Å². The maximum absolute atomic E-state index is 13.5. The van der Waals surface area contributed by atoms with E-state index in [2.05, 4.69) is 0 Å². The van der Waals surface area contributed by atoms with Crippen molar-refractivity contribution < 1.29 is 13.2 Å². The SMILES string of the molecule is Cc1c(Cl)ccc2sc(N(Cc3ccccc3)C(=O)c3cccc(S(C)(=O)=O)c3)nc12. The first-order valence-electron chi connectivity index (χ1n) is 9.45. The van der Waals surface area contributed by atoms with Crippen LogP contribution in [0.25, 0.3) is 10.2 Å². The number of benzene rings is 3. The highest BCUT2D eigenvalue weighted by Crippen LogP contribution is 2.35. The van der Waals surface area contributed by atoms with E-state index in [-0.39, 0.29) is 16.4 Å². The molecule has 0 aliphatic heterocycles. The number of aromatic nitrogens is 1. The van der Waals surface area contributed by atoms with Crippen molar-refractivity contribution in [1.29, 1.82) is 0 Å². The summed E-state index contributed by atoms with van der Waals surface area (Å²) in [4.78, 5) is 19.9. The highest BCUT2D eigenvalue weighted by Gasteiger charge is 2.23. The van der Waals surface area contributed by atoms with Crippen LogP contribution in [0.4, 0.5) is 5.13 Å². The van der Waals surface area contributed by atoms with E-state index in [1.54, 1.807) is 17.0 Å². The van der Waals surface area contributed by atoms with Crippen molar-refractivity contribution in [1.82, 2.24) is 4.98 Å². The smallest absolute Gasteiger partial charge is 0.260 e. The summed E-state index contributed by atoms with van der Waals surface area (Å²) in [6.07, 6.45) is 1.12. The zero-order chi connectivity index (χ0) is 22.2. The van der Waals surface area contributed by atoms with Crippen molar-refractivity contribution in [3.8, 4) is 0 Å². The van der Waals surface area contributed by atoms with Crippen LogP contribution in [0.5, 0.6) is 0 Å². The van der Waals surface area contributed by atoms with E-state index in [0.717, 1.165) is 27.6 Å². The standard InChI is InChI=1S/C23H19ClN2O3S2/c1-15-19(24)11-12-20-21(15)25-23(30-20)26(14-16-7-4-3-5-8-16)22(27)17-9-6-10-18(13-17)31(2,28)29/h3-13H,14H2,1-2H3. The topological polar surface area (TPSA) is 67.3 Å². The van der Waals surface area contributed by atoms with Crippen molar-refractivity contribution in [2.24, 2.45) is 0 Å². The summed E-state index contributed by atoms with van der Waals surface area (Å²) in [7, 11) is -3.44. The average molecular weight is 471 g/mol. The Balaban J connectivity index is 1.82. The largest absolute Gasteiger partial charge is 0.279 e. The molecule has 0 unspecified atom stereocenters. The molecule has 31 heavy (non-hydrogen) atoms. The second kappa shape index (κ2) is 8.42. The minimum atomic E-state index is -3.44. The summed E-state index contributed by atoms with van der Waals surface area (Å²) in [6.45, 7) is 2.20. The minimum Gasteiger partial charge on any atom is -0.279 e. The maximum atomic E-state index is 13.5. The number of carbonyl (C=O) groups excluding carboxylic acids is 1. The van der Waals surface area contributed by atoms with Crippen molar-refractivity contribution in [2.45, 2.75) is 18.4 Å². The fourth-order valence-corrected chi connectivity index (χ4v) is 5.05. The van der Waals surface area contributed by atoms with Crippen LogP contribution in [0.15, 0.2) is 71.6 Å². The number of rotatable bonds is 5. The number of aryl methyl sites for hydroxylation is 1.